The lowest BCUT2D eigenvalue weighted by Crippen LogP contribution is -2.09. The molecule has 0 amide bonds. The van der Waals surface area contributed by atoms with Crippen molar-refractivity contribution in [2.45, 2.75) is 13.5 Å². The van der Waals surface area contributed by atoms with Crippen LogP contribution in [0.15, 0.2) is 30.5 Å². The summed E-state index contributed by atoms with van der Waals surface area (Å²) >= 11 is 0. The van der Waals surface area contributed by atoms with Crippen molar-refractivity contribution < 1.29 is 9.90 Å². The minimum atomic E-state index is -0.833. The number of aliphatic carboxylic acids is 1. The summed E-state index contributed by atoms with van der Waals surface area (Å²) in [6, 6.07) is 8.41. The standard InChI is InChI=1S/C9H9N.C2H4O2/c1-2-4-9-7-10-6-5-8(9)3-1;1-2(3)4/h1-6,10H,7H2;1H3,(H,3,4). The molecule has 2 N–H and O–H groups in total. The molecule has 0 aromatic heterocycles. The molecule has 0 saturated heterocycles. The number of nitrogens with one attached hydrogen (secondary N) is 1. The van der Waals surface area contributed by atoms with Crippen molar-refractivity contribution in [3.8, 4) is 0 Å². The lowest BCUT2D eigenvalue weighted by atomic mass is 10.1. The van der Waals surface area contributed by atoms with Gasteiger partial charge in [0.15, 0.2) is 0 Å². The zero-order chi connectivity index (χ0) is 10.4. The summed E-state index contributed by atoms with van der Waals surface area (Å²) in [6.07, 6.45) is 4.08. The normalized spacial score (nSPS) is 11.8. The highest BCUT2D eigenvalue weighted by Crippen LogP contribution is 2.12. The molecule has 0 aliphatic carbocycles. The first-order chi connectivity index (χ1) is 6.70. The van der Waals surface area contributed by atoms with Crippen LogP contribution in [-0.2, 0) is 11.3 Å². The van der Waals surface area contributed by atoms with E-state index in [0.29, 0.717) is 0 Å². The maximum atomic E-state index is 9.00. The van der Waals surface area contributed by atoms with Gasteiger partial charge in [-0.1, -0.05) is 24.3 Å². The lowest BCUT2D eigenvalue weighted by molar-refractivity contribution is -0.134. The van der Waals surface area contributed by atoms with E-state index in [2.05, 4.69) is 35.7 Å². The van der Waals surface area contributed by atoms with E-state index in [4.69, 9.17) is 9.90 Å². The third-order valence-corrected chi connectivity index (χ3v) is 1.73. The number of benzene rings is 1. The second-order valence-electron chi connectivity index (χ2n) is 2.93. The highest BCUT2D eigenvalue weighted by molar-refractivity contribution is 5.63. The number of carboxylic acids is 1. The molecule has 0 atom stereocenters. The van der Waals surface area contributed by atoms with Crippen molar-refractivity contribution in [1.29, 1.82) is 0 Å². The Balaban J connectivity index is 0.000000213. The number of fused-ring (bicyclic) bond motifs is 1. The Kier molecular flexibility index (Phi) is 3.73. The van der Waals surface area contributed by atoms with Crippen LogP contribution in [0.4, 0.5) is 0 Å². The Bertz CT molecular complexity index is 341. The number of carboxylic acid groups (broad SMARTS) is 1. The fourth-order valence-corrected chi connectivity index (χ4v) is 1.18. The third-order valence-electron chi connectivity index (χ3n) is 1.73. The van der Waals surface area contributed by atoms with Crippen LogP contribution in [0, 0.1) is 0 Å². The third kappa shape index (κ3) is 3.31. The zero-order valence-electron chi connectivity index (χ0n) is 8.03. The average molecular weight is 191 g/mol. The summed E-state index contributed by atoms with van der Waals surface area (Å²) < 4.78 is 0. The molecule has 3 nitrogen and oxygen atoms in total. The van der Waals surface area contributed by atoms with E-state index < -0.39 is 5.97 Å². The summed E-state index contributed by atoms with van der Waals surface area (Å²) in [4.78, 5) is 9.00. The molecular weight excluding hydrogens is 178 g/mol. The van der Waals surface area contributed by atoms with Crippen molar-refractivity contribution in [3.05, 3.63) is 41.6 Å². The van der Waals surface area contributed by atoms with Gasteiger partial charge in [0.2, 0.25) is 0 Å². The maximum absolute atomic E-state index is 9.00. The summed E-state index contributed by atoms with van der Waals surface area (Å²) in [5.41, 5.74) is 2.71. The summed E-state index contributed by atoms with van der Waals surface area (Å²) in [7, 11) is 0. The van der Waals surface area contributed by atoms with Gasteiger partial charge in [-0.2, -0.15) is 0 Å². The first-order valence-corrected chi connectivity index (χ1v) is 4.37. The molecule has 1 aliphatic heterocycles. The van der Waals surface area contributed by atoms with Crippen molar-refractivity contribution in [3.63, 3.8) is 0 Å². The highest BCUT2D eigenvalue weighted by Gasteiger charge is 1.99. The van der Waals surface area contributed by atoms with Gasteiger partial charge < -0.3 is 10.4 Å². The van der Waals surface area contributed by atoms with Gasteiger partial charge in [0.1, 0.15) is 0 Å². The van der Waals surface area contributed by atoms with Crippen molar-refractivity contribution in [1.82, 2.24) is 5.32 Å². The Morgan fingerprint density at radius 3 is 2.71 bits per heavy atom. The molecule has 0 bridgehead atoms. The molecule has 14 heavy (non-hydrogen) atoms. The monoisotopic (exact) mass is 191 g/mol. The molecule has 2 rings (SSSR count). The fraction of sp³-hybridized carbons (Fsp3) is 0.182. The van der Waals surface area contributed by atoms with Crippen LogP contribution in [0.25, 0.3) is 6.08 Å². The molecule has 0 spiro atoms. The van der Waals surface area contributed by atoms with Gasteiger partial charge in [-0.05, 0) is 23.4 Å². The van der Waals surface area contributed by atoms with Gasteiger partial charge in [-0.15, -0.1) is 0 Å². The number of hydrogen-bond donors (Lipinski definition) is 2. The highest BCUT2D eigenvalue weighted by atomic mass is 16.4. The van der Waals surface area contributed by atoms with E-state index in [0.717, 1.165) is 13.5 Å². The van der Waals surface area contributed by atoms with Gasteiger partial charge in [0, 0.05) is 13.5 Å². The van der Waals surface area contributed by atoms with Gasteiger partial charge in [0.05, 0.1) is 0 Å². The van der Waals surface area contributed by atoms with Crippen LogP contribution in [-0.4, -0.2) is 11.1 Å². The summed E-state index contributed by atoms with van der Waals surface area (Å²) in [5.74, 6) is -0.833. The molecule has 0 fully saturated rings. The van der Waals surface area contributed by atoms with Crippen LogP contribution < -0.4 is 5.32 Å². The molecule has 1 aliphatic rings. The molecule has 3 heteroatoms. The van der Waals surface area contributed by atoms with Crippen LogP contribution in [0.1, 0.15) is 18.1 Å². The second kappa shape index (κ2) is 5.07. The predicted molar refractivity (Wildman–Crippen MR) is 55.6 cm³/mol. The molecule has 0 saturated carbocycles. The van der Waals surface area contributed by atoms with E-state index in [1.807, 2.05) is 6.20 Å². The molecular formula is C11H13NO2. The Labute approximate surface area is 83.1 Å². The van der Waals surface area contributed by atoms with Crippen molar-refractivity contribution in [2.24, 2.45) is 0 Å². The molecule has 0 radical (unpaired) electrons. The van der Waals surface area contributed by atoms with E-state index in [9.17, 15) is 0 Å². The topological polar surface area (TPSA) is 49.3 Å². The predicted octanol–water partition coefficient (Wildman–Crippen LogP) is 1.85. The van der Waals surface area contributed by atoms with Gasteiger partial charge in [0.25, 0.3) is 5.97 Å². The second-order valence-corrected chi connectivity index (χ2v) is 2.93. The molecule has 1 heterocycles. The Hall–Kier alpha value is -1.77. The van der Waals surface area contributed by atoms with E-state index >= 15 is 0 Å². The van der Waals surface area contributed by atoms with Crippen LogP contribution in [0.5, 0.6) is 0 Å². The molecule has 1 aromatic carbocycles. The van der Waals surface area contributed by atoms with Gasteiger partial charge >= 0.3 is 0 Å². The average Bonchev–Trinajstić information content (AvgIpc) is 2.17. The van der Waals surface area contributed by atoms with Gasteiger partial charge in [-0.3, -0.25) is 4.79 Å². The summed E-state index contributed by atoms with van der Waals surface area (Å²) in [5, 5.41) is 10.6. The Morgan fingerprint density at radius 1 is 1.43 bits per heavy atom. The first-order valence-electron chi connectivity index (χ1n) is 4.37. The largest absolute Gasteiger partial charge is 0.481 e. The van der Waals surface area contributed by atoms with Crippen LogP contribution in [0.2, 0.25) is 0 Å². The Morgan fingerprint density at radius 2 is 2.07 bits per heavy atom. The molecule has 74 valence electrons. The summed E-state index contributed by atoms with van der Waals surface area (Å²) in [6.45, 7) is 2.05. The van der Waals surface area contributed by atoms with E-state index in [1.165, 1.54) is 11.1 Å². The van der Waals surface area contributed by atoms with Crippen LogP contribution >= 0.6 is 0 Å². The zero-order valence-corrected chi connectivity index (χ0v) is 8.03. The van der Waals surface area contributed by atoms with Crippen molar-refractivity contribution >= 4 is 12.0 Å². The molecule has 0 unspecified atom stereocenters. The lowest BCUT2D eigenvalue weighted by Gasteiger charge is -2.10. The number of hydrogen-bond acceptors (Lipinski definition) is 2. The molecule has 1 aromatic rings. The maximum Gasteiger partial charge on any atom is 0.300 e. The SMILES string of the molecule is C1=Cc2ccccc2CN1.CC(=O)O. The first kappa shape index (κ1) is 10.3. The minimum Gasteiger partial charge on any atom is -0.481 e. The van der Waals surface area contributed by atoms with E-state index in [-0.39, 0.29) is 0 Å². The number of carbonyl (C=O) groups is 1. The van der Waals surface area contributed by atoms with E-state index in [1.54, 1.807) is 0 Å². The van der Waals surface area contributed by atoms with Crippen molar-refractivity contribution in [2.75, 3.05) is 0 Å². The fourth-order valence-electron chi connectivity index (χ4n) is 1.18. The minimum absolute atomic E-state index is 0.833. The van der Waals surface area contributed by atoms with Gasteiger partial charge in [-0.25, -0.2) is 0 Å². The smallest absolute Gasteiger partial charge is 0.300 e. The number of rotatable bonds is 0. The van der Waals surface area contributed by atoms with Crippen LogP contribution in [0.3, 0.4) is 0 Å². The quantitative estimate of drug-likeness (QED) is 0.658.